The maximum Gasteiger partial charge on any atom is 0.454 e. The number of hydrogen-bond acceptors (Lipinski definition) is 2. The Morgan fingerprint density at radius 1 is 1.45 bits per heavy atom. The first-order chi connectivity index (χ1) is 5.16. The monoisotopic (exact) mass is 157 g/mol. The van der Waals surface area contributed by atoms with E-state index in [2.05, 4.69) is 4.98 Å². The van der Waals surface area contributed by atoms with Gasteiger partial charge in [-0.05, 0) is 6.42 Å². The van der Waals surface area contributed by atoms with Crippen LogP contribution in [-0.4, -0.2) is 15.2 Å². The summed E-state index contributed by atoms with van der Waals surface area (Å²) in [6.07, 6.45) is 0.927. The predicted octanol–water partition coefficient (Wildman–Crippen LogP) is 0.432. The van der Waals surface area contributed by atoms with Crippen molar-refractivity contribution in [1.29, 1.82) is 0 Å². The molecule has 0 unspecified atom stereocenters. The van der Waals surface area contributed by atoms with Crippen molar-refractivity contribution >= 4 is 0 Å². The molecule has 0 radical (unpaired) electrons. The number of rotatable bonds is 2. The summed E-state index contributed by atoms with van der Waals surface area (Å²) in [5.41, 5.74) is 0.671. The van der Waals surface area contributed by atoms with E-state index in [-0.39, 0.29) is 11.9 Å². The fourth-order valence-electron chi connectivity index (χ4n) is 1.05. The fourth-order valence-corrected chi connectivity index (χ4v) is 1.05. The highest BCUT2D eigenvalue weighted by Gasteiger charge is 2.18. The van der Waals surface area contributed by atoms with Crippen molar-refractivity contribution < 1.29 is 14.8 Å². The van der Waals surface area contributed by atoms with E-state index in [1.165, 1.54) is 0 Å². The largest absolute Gasteiger partial charge is 0.475 e. The van der Waals surface area contributed by atoms with E-state index in [4.69, 9.17) is 5.11 Å². The molecule has 0 amide bonds. The van der Waals surface area contributed by atoms with Gasteiger partial charge in [-0.25, -0.2) is 0 Å². The molecule has 62 valence electrons. The van der Waals surface area contributed by atoms with Crippen LogP contribution in [0.5, 0.6) is 11.9 Å². The van der Waals surface area contributed by atoms with Crippen molar-refractivity contribution in [3.8, 4) is 11.9 Å². The number of aromatic nitrogens is 2. The summed E-state index contributed by atoms with van der Waals surface area (Å²) in [6, 6.07) is 0.0156. The van der Waals surface area contributed by atoms with E-state index in [1.807, 2.05) is 6.92 Å². The van der Waals surface area contributed by atoms with Crippen LogP contribution in [0.4, 0.5) is 0 Å². The number of nitrogens with one attached hydrogen (secondary N) is 1. The third-order valence-corrected chi connectivity index (χ3v) is 1.68. The molecule has 0 fully saturated rings. The number of hydrogen-bond donors (Lipinski definition) is 3. The molecule has 1 aromatic rings. The highest BCUT2D eigenvalue weighted by atomic mass is 16.3. The zero-order chi connectivity index (χ0) is 8.43. The summed E-state index contributed by atoms with van der Waals surface area (Å²) in [6.45, 7) is 4.48. The second kappa shape index (κ2) is 2.82. The lowest BCUT2D eigenvalue weighted by Crippen LogP contribution is -2.34. The second-order valence-electron chi connectivity index (χ2n) is 2.53. The molecule has 0 spiro atoms. The lowest BCUT2D eigenvalue weighted by atomic mass is 10.4. The van der Waals surface area contributed by atoms with Gasteiger partial charge in [-0.3, -0.25) is 0 Å². The van der Waals surface area contributed by atoms with E-state index < -0.39 is 0 Å². The molecule has 0 atom stereocenters. The van der Waals surface area contributed by atoms with Crippen LogP contribution in [0.25, 0.3) is 0 Å². The molecule has 0 aliphatic rings. The van der Waals surface area contributed by atoms with Gasteiger partial charge in [0.2, 0.25) is 0 Å². The van der Waals surface area contributed by atoms with Crippen LogP contribution in [0.15, 0.2) is 0 Å². The van der Waals surface area contributed by atoms with Crippen molar-refractivity contribution in [2.24, 2.45) is 0 Å². The van der Waals surface area contributed by atoms with Gasteiger partial charge >= 0.3 is 11.9 Å². The van der Waals surface area contributed by atoms with Crippen molar-refractivity contribution in [2.45, 2.75) is 26.8 Å². The number of nitrogens with zero attached hydrogens (tertiary/aromatic N) is 1. The average Bonchev–Trinajstić information content (AvgIpc) is 2.17. The van der Waals surface area contributed by atoms with Crippen molar-refractivity contribution in [3.63, 3.8) is 0 Å². The normalized spacial score (nSPS) is 10.4. The van der Waals surface area contributed by atoms with Crippen LogP contribution in [0, 0.1) is 6.92 Å². The van der Waals surface area contributed by atoms with Crippen LogP contribution < -0.4 is 4.57 Å². The summed E-state index contributed by atoms with van der Waals surface area (Å²) < 4.78 is 1.63. The molecule has 0 saturated carbocycles. The highest BCUT2D eigenvalue weighted by molar-refractivity contribution is 5.11. The van der Waals surface area contributed by atoms with E-state index >= 15 is 0 Å². The van der Waals surface area contributed by atoms with Crippen LogP contribution in [0.3, 0.4) is 0 Å². The van der Waals surface area contributed by atoms with E-state index in [0.29, 0.717) is 12.2 Å². The van der Waals surface area contributed by atoms with Gasteiger partial charge < -0.3 is 10.2 Å². The maximum atomic E-state index is 9.19. The maximum absolute atomic E-state index is 9.19. The average molecular weight is 157 g/mol. The Hall–Kier alpha value is -1.19. The number of H-pyrrole nitrogens is 1. The summed E-state index contributed by atoms with van der Waals surface area (Å²) in [4.78, 5) is 2.43. The van der Waals surface area contributed by atoms with Crippen LogP contribution in [0.2, 0.25) is 0 Å². The van der Waals surface area contributed by atoms with Gasteiger partial charge in [0.1, 0.15) is 0 Å². The van der Waals surface area contributed by atoms with E-state index in [9.17, 15) is 5.11 Å². The van der Waals surface area contributed by atoms with Gasteiger partial charge in [-0.15, -0.1) is 0 Å². The highest BCUT2D eigenvalue weighted by Crippen LogP contribution is 2.12. The Morgan fingerprint density at radius 3 is 2.45 bits per heavy atom. The summed E-state index contributed by atoms with van der Waals surface area (Å²) in [5, 5.41) is 18.3. The van der Waals surface area contributed by atoms with E-state index in [1.54, 1.807) is 11.5 Å². The molecule has 1 heterocycles. The molecular weight excluding hydrogens is 144 g/mol. The molecule has 0 aliphatic carbocycles. The third-order valence-electron chi connectivity index (χ3n) is 1.68. The van der Waals surface area contributed by atoms with Gasteiger partial charge in [0.05, 0.1) is 6.54 Å². The smallest absolute Gasteiger partial charge is 0.454 e. The lowest BCUT2D eigenvalue weighted by molar-refractivity contribution is -0.706. The topological polar surface area (TPSA) is 60.1 Å². The summed E-state index contributed by atoms with van der Waals surface area (Å²) >= 11 is 0. The predicted molar refractivity (Wildman–Crippen MR) is 39.3 cm³/mol. The van der Waals surface area contributed by atoms with Crippen molar-refractivity contribution in [3.05, 3.63) is 5.69 Å². The van der Waals surface area contributed by atoms with Crippen LogP contribution in [0.1, 0.15) is 19.0 Å². The molecule has 0 aromatic carbocycles. The molecule has 1 rings (SSSR count). The first-order valence-electron chi connectivity index (χ1n) is 3.67. The summed E-state index contributed by atoms with van der Waals surface area (Å²) in [5.74, 6) is 0.0379. The Balaban J connectivity index is 3.02. The van der Waals surface area contributed by atoms with Gasteiger partial charge in [0.15, 0.2) is 5.69 Å². The molecule has 0 saturated heterocycles. The Morgan fingerprint density at radius 2 is 2.09 bits per heavy atom. The zero-order valence-electron chi connectivity index (χ0n) is 6.76. The molecule has 0 aliphatic heterocycles. The molecule has 0 bridgehead atoms. The molecule has 3 N–H and O–H groups in total. The first kappa shape index (κ1) is 7.91. The molecule has 4 nitrogen and oxygen atoms in total. The zero-order valence-corrected chi connectivity index (χ0v) is 6.76. The molecule has 4 heteroatoms. The second-order valence-corrected chi connectivity index (χ2v) is 2.53. The van der Waals surface area contributed by atoms with Gasteiger partial charge in [0, 0.05) is 6.92 Å². The number of aromatic amines is 1. The fraction of sp³-hybridized carbons (Fsp3) is 0.571. The van der Waals surface area contributed by atoms with Gasteiger partial charge in [-0.2, -0.15) is 9.55 Å². The molecule has 1 aromatic heterocycles. The van der Waals surface area contributed by atoms with Gasteiger partial charge in [0.25, 0.3) is 0 Å². The SMILES string of the molecule is CCC[n+]1c(O)[nH]c(O)c1C. The van der Waals surface area contributed by atoms with Crippen molar-refractivity contribution in [1.82, 2.24) is 4.98 Å². The van der Waals surface area contributed by atoms with Crippen molar-refractivity contribution in [2.75, 3.05) is 0 Å². The minimum Gasteiger partial charge on any atom is -0.475 e. The third kappa shape index (κ3) is 1.29. The number of aromatic hydroxyl groups is 2. The van der Waals surface area contributed by atoms with Crippen LogP contribution >= 0.6 is 0 Å². The number of imidazole rings is 1. The van der Waals surface area contributed by atoms with Crippen LogP contribution in [-0.2, 0) is 6.54 Å². The lowest BCUT2D eigenvalue weighted by Gasteiger charge is -1.93. The van der Waals surface area contributed by atoms with E-state index in [0.717, 1.165) is 6.42 Å². The Bertz CT molecular complexity index is 255. The minimum absolute atomic E-state index is 0.0156. The Kier molecular flexibility index (Phi) is 2.03. The first-order valence-corrected chi connectivity index (χ1v) is 3.67. The standard InChI is InChI=1S/C7H12N2O2/c1-3-4-9-5(2)6(10)8-7(9)11/h3-4H2,1-2H3,(H2,8,10,11)/p+1. The minimum atomic E-state index is 0.0156. The summed E-state index contributed by atoms with van der Waals surface area (Å²) in [7, 11) is 0. The molecular formula is C7H13N2O2+. The van der Waals surface area contributed by atoms with Gasteiger partial charge in [-0.1, -0.05) is 6.92 Å². The Labute approximate surface area is 65.1 Å². The molecule has 11 heavy (non-hydrogen) atoms. The quantitative estimate of drug-likeness (QED) is 0.545.